The van der Waals surface area contributed by atoms with E-state index >= 15 is 0 Å². The Kier molecular flexibility index (Phi) is 8.87. The highest BCUT2D eigenvalue weighted by molar-refractivity contribution is 8.26. The zero-order chi connectivity index (χ0) is 23.1. The number of hydrogen-bond donors (Lipinski definition) is 1. The van der Waals surface area contributed by atoms with E-state index in [1.807, 2.05) is 31.2 Å². The summed E-state index contributed by atoms with van der Waals surface area (Å²) in [6, 6.07) is 7.60. The normalized spacial score (nSPS) is 18.1. The zero-order valence-electron chi connectivity index (χ0n) is 18.5. The molecule has 1 fully saturated rings. The molecule has 0 spiro atoms. The van der Waals surface area contributed by atoms with Crippen LogP contribution in [0.2, 0.25) is 0 Å². The summed E-state index contributed by atoms with van der Waals surface area (Å²) in [7, 11) is 0. The molecule has 1 saturated heterocycles. The van der Waals surface area contributed by atoms with Crippen LogP contribution < -0.4 is 4.90 Å². The van der Waals surface area contributed by atoms with Gasteiger partial charge in [-0.1, -0.05) is 80.7 Å². The highest BCUT2D eigenvalue weighted by Gasteiger charge is 2.41. The summed E-state index contributed by atoms with van der Waals surface area (Å²) in [6.07, 6.45) is 8.26. The molecule has 2 amide bonds. The first-order valence-corrected chi connectivity index (χ1v) is 12.6. The minimum atomic E-state index is -0.722. The number of carbonyl (C=O) groups excluding carboxylic acids is 2. The number of fused-ring (bicyclic) bond motifs is 1. The number of likely N-dealkylation sites (N-methyl/N-ethyl adjacent to an activating group) is 1. The maximum Gasteiger partial charge on any atom is 0.303 e. The summed E-state index contributed by atoms with van der Waals surface area (Å²) in [5.74, 6) is -1.01. The van der Waals surface area contributed by atoms with Crippen LogP contribution >= 0.6 is 24.0 Å². The van der Waals surface area contributed by atoms with Gasteiger partial charge in [-0.25, -0.2) is 0 Å². The first-order valence-electron chi connectivity index (χ1n) is 11.4. The first-order chi connectivity index (χ1) is 15.5. The number of thiocarbonyl (C=S) groups is 1. The number of carboxylic acids is 1. The van der Waals surface area contributed by atoms with Crippen molar-refractivity contribution in [3.05, 3.63) is 34.7 Å². The fraction of sp³-hybridized carbons (Fsp3) is 0.500. The molecule has 0 atom stereocenters. The third kappa shape index (κ3) is 5.59. The summed E-state index contributed by atoms with van der Waals surface area (Å²) in [6.45, 7) is 3.06. The number of hydrogen-bond acceptors (Lipinski definition) is 5. The second kappa shape index (κ2) is 11.6. The van der Waals surface area contributed by atoms with Crippen LogP contribution in [0.4, 0.5) is 5.69 Å². The van der Waals surface area contributed by atoms with Gasteiger partial charge < -0.3 is 10.0 Å². The number of unbranched alkanes of at least 4 members (excludes halogenated alkanes) is 7. The van der Waals surface area contributed by atoms with E-state index in [1.165, 1.54) is 11.8 Å². The molecule has 2 aliphatic heterocycles. The Labute approximate surface area is 199 Å². The van der Waals surface area contributed by atoms with Crippen molar-refractivity contribution >= 4 is 57.3 Å². The SMILES string of the molecule is CCN1C(=O)/C(=C2\SC(=S)N(CCCCCCCCCCC(=O)O)C2=O)c2ccccc21. The number of thioether (sulfide) groups is 1. The molecule has 1 N–H and O–H groups in total. The van der Waals surface area contributed by atoms with Crippen molar-refractivity contribution in [2.45, 2.75) is 64.7 Å². The second-order valence-electron chi connectivity index (χ2n) is 8.07. The summed E-state index contributed by atoms with van der Waals surface area (Å²) in [5.41, 5.74) is 2.14. The third-order valence-electron chi connectivity index (χ3n) is 5.84. The lowest BCUT2D eigenvalue weighted by Crippen LogP contribution is -2.30. The molecule has 1 aromatic rings. The maximum absolute atomic E-state index is 13.1. The Morgan fingerprint density at radius 2 is 1.56 bits per heavy atom. The van der Waals surface area contributed by atoms with E-state index in [1.54, 1.807) is 9.80 Å². The van der Waals surface area contributed by atoms with E-state index in [0.717, 1.165) is 62.6 Å². The summed E-state index contributed by atoms with van der Waals surface area (Å²) < 4.78 is 0.524. The van der Waals surface area contributed by atoms with E-state index in [9.17, 15) is 14.4 Å². The van der Waals surface area contributed by atoms with E-state index in [-0.39, 0.29) is 18.2 Å². The van der Waals surface area contributed by atoms with Crippen molar-refractivity contribution in [3.63, 3.8) is 0 Å². The van der Waals surface area contributed by atoms with E-state index in [4.69, 9.17) is 17.3 Å². The Bertz CT molecular complexity index is 928. The van der Waals surface area contributed by atoms with Crippen LogP contribution in [0.5, 0.6) is 0 Å². The molecule has 0 bridgehead atoms. The lowest BCUT2D eigenvalue weighted by Gasteiger charge is -2.14. The highest BCUT2D eigenvalue weighted by Crippen LogP contribution is 2.44. The number of nitrogens with zero attached hydrogens (tertiary/aromatic N) is 2. The summed E-state index contributed by atoms with van der Waals surface area (Å²) in [4.78, 5) is 40.4. The minimum Gasteiger partial charge on any atom is -0.481 e. The molecule has 2 aliphatic rings. The number of anilines is 1. The molecule has 0 aliphatic carbocycles. The number of carbonyl (C=O) groups is 3. The number of carboxylic acid groups (broad SMARTS) is 1. The largest absolute Gasteiger partial charge is 0.481 e. The van der Waals surface area contributed by atoms with Gasteiger partial charge in [0.15, 0.2) is 0 Å². The maximum atomic E-state index is 13.1. The van der Waals surface area contributed by atoms with Gasteiger partial charge in [0.25, 0.3) is 11.8 Å². The highest BCUT2D eigenvalue weighted by atomic mass is 32.2. The van der Waals surface area contributed by atoms with Crippen molar-refractivity contribution in [2.75, 3.05) is 18.0 Å². The van der Waals surface area contributed by atoms with Crippen LogP contribution in [0.25, 0.3) is 5.57 Å². The van der Waals surface area contributed by atoms with Gasteiger partial charge in [0.1, 0.15) is 4.32 Å². The van der Waals surface area contributed by atoms with Gasteiger partial charge >= 0.3 is 5.97 Å². The molecule has 0 radical (unpaired) electrons. The van der Waals surface area contributed by atoms with Crippen molar-refractivity contribution in [3.8, 4) is 0 Å². The van der Waals surface area contributed by atoms with Gasteiger partial charge in [0, 0.05) is 25.1 Å². The van der Waals surface area contributed by atoms with Gasteiger partial charge in [0.2, 0.25) is 0 Å². The Morgan fingerprint density at radius 1 is 0.938 bits per heavy atom. The summed E-state index contributed by atoms with van der Waals surface area (Å²) in [5, 5.41) is 8.64. The molecule has 6 nitrogen and oxygen atoms in total. The molecule has 1 aromatic carbocycles. The Balaban J connectivity index is 1.50. The standard InChI is InChI=1S/C24H30N2O4S2/c1-2-25-18-14-11-10-13-17(18)20(22(25)29)21-23(30)26(24(31)32-21)16-12-8-6-4-3-5-7-9-15-19(27)28/h10-11,13-14H,2-9,12,15-16H2,1H3,(H,27,28)/b21-20-. The average Bonchev–Trinajstić information content (AvgIpc) is 3.21. The lowest BCUT2D eigenvalue weighted by atomic mass is 10.1. The molecule has 2 heterocycles. The monoisotopic (exact) mass is 474 g/mol. The molecule has 172 valence electrons. The third-order valence-corrected chi connectivity index (χ3v) is 7.29. The second-order valence-corrected chi connectivity index (χ2v) is 9.71. The van der Waals surface area contributed by atoms with Gasteiger partial charge in [-0.15, -0.1) is 0 Å². The van der Waals surface area contributed by atoms with E-state index in [0.29, 0.717) is 27.9 Å². The molecule has 8 heteroatoms. The fourth-order valence-electron chi connectivity index (χ4n) is 4.16. The van der Waals surface area contributed by atoms with Gasteiger partial charge in [-0.2, -0.15) is 0 Å². The van der Waals surface area contributed by atoms with Gasteiger partial charge in [0.05, 0.1) is 16.2 Å². The van der Waals surface area contributed by atoms with Crippen LogP contribution in [0.3, 0.4) is 0 Å². The van der Waals surface area contributed by atoms with Crippen molar-refractivity contribution in [1.82, 2.24) is 4.90 Å². The topological polar surface area (TPSA) is 77.9 Å². The number of aliphatic carboxylic acids is 1. The molecule has 3 rings (SSSR count). The van der Waals surface area contributed by atoms with Crippen LogP contribution in [-0.4, -0.2) is 45.2 Å². The number of rotatable bonds is 12. The quantitative estimate of drug-likeness (QED) is 0.254. The predicted molar refractivity (Wildman–Crippen MR) is 132 cm³/mol. The van der Waals surface area contributed by atoms with Gasteiger partial charge in [-0.05, 0) is 25.8 Å². The molecule has 0 aromatic heterocycles. The van der Waals surface area contributed by atoms with Crippen LogP contribution in [0.1, 0.15) is 70.3 Å². The summed E-state index contributed by atoms with van der Waals surface area (Å²) >= 11 is 6.71. The predicted octanol–water partition coefficient (Wildman–Crippen LogP) is 5.22. The number of amides is 2. The number of para-hydroxylation sites is 1. The van der Waals surface area contributed by atoms with Crippen LogP contribution in [0.15, 0.2) is 29.2 Å². The average molecular weight is 475 g/mol. The zero-order valence-corrected chi connectivity index (χ0v) is 20.1. The van der Waals surface area contributed by atoms with E-state index < -0.39 is 5.97 Å². The van der Waals surface area contributed by atoms with Crippen molar-refractivity contribution < 1.29 is 19.5 Å². The Hall–Kier alpha value is -2.19. The van der Waals surface area contributed by atoms with Gasteiger partial charge in [-0.3, -0.25) is 19.3 Å². The van der Waals surface area contributed by atoms with Crippen molar-refractivity contribution in [2.24, 2.45) is 0 Å². The molecule has 0 saturated carbocycles. The van der Waals surface area contributed by atoms with Crippen LogP contribution in [0, 0.1) is 0 Å². The molecular weight excluding hydrogens is 444 g/mol. The minimum absolute atomic E-state index is 0.127. The first kappa shape index (κ1) is 24.5. The molecule has 0 unspecified atom stereocenters. The van der Waals surface area contributed by atoms with E-state index in [2.05, 4.69) is 0 Å². The fourth-order valence-corrected chi connectivity index (χ4v) is 5.54. The smallest absolute Gasteiger partial charge is 0.303 e. The molecular formula is C24H30N2O4S2. The Morgan fingerprint density at radius 3 is 2.22 bits per heavy atom. The number of benzene rings is 1. The van der Waals surface area contributed by atoms with Crippen LogP contribution in [-0.2, 0) is 14.4 Å². The van der Waals surface area contributed by atoms with Crippen molar-refractivity contribution in [1.29, 1.82) is 0 Å². The molecule has 32 heavy (non-hydrogen) atoms. The lowest BCUT2D eigenvalue weighted by molar-refractivity contribution is -0.137.